The quantitative estimate of drug-likeness (QED) is 0.739. The third-order valence-corrected chi connectivity index (χ3v) is 3.35. The molecule has 1 aliphatic rings. The van der Waals surface area contributed by atoms with Gasteiger partial charge in [0, 0.05) is 10.9 Å². The summed E-state index contributed by atoms with van der Waals surface area (Å²) in [6.07, 6.45) is 7.92. The minimum Gasteiger partial charge on any atom is -0.342 e. The Bertz CT molecular complexity index is 542. The highest BCUT2D eigenvalue weighted by Gasteiger charge is 2.16. The maximum absolute atomic E-state index is 5.95. The lowest BCUT2D eigenvalue weighted by Crippen LogP contribution is -2.02. The van der Waals surface area contributed by atoms with Crippen LogP contribution in [0, 0.1) is 0 Å². The van der Waals surface area contributed by atoms with Crippen molar-refractivity contribution < 1.29 is 0 Å². The summed E-state index contributed by atoms with van der Waals surface area (Å²) in [6.45, 7) is 0. The lowest BCUT2D eigenvalue weighted by molar-refractivity contribution is 0.590. The fourth-order valence-corrected chi connectivity index (χ4v) is 2.41. The van der Waals surface area contributed by atoms with Crippen LogP contribution in [0.15, 0.2) is 30.4 Å². The minimum atomic E-state index is 0.538. The summed E-state index contributed by atoms with van der Waals surface area (Å²) in [5.41, 5.74) is 2.05. The van der Waals surface area contributed by atoms with Crippen LogP contribution < -0.4 is 0 Å². The third-order valence-electron chi connectivity index (χ3n) is 3.12. The largest absolute Gasteiger partial charge is 0.342 e. The Hall–Kier alpha value is -1.28. The predicted octanol–water partition coefficient (Wildman–Crippen LogP) is 4.04. The topological polar surface area (TPSA) is 28.7 Å². The zero-order valence-corrected chi connectivity index (χ0v) is 9.67. The molecule has 82 valence electrons. The van der Waals surface area contributed by atoms with Crippen LogP contribution >= 0.6 is 11.6 Å². The summed E-state index contributed by atoms with van der Waals surface area (Å²) in [7, 11) is 0. The SMILES string of the molecule is Clc1ccc2nc(C3CC=CCC3)[nH]c2c1. The van der Waals surface area contributed by atoms with E-state index in [9.17, 15) is 0 Å². The average molecular weight is 233 g/mol. The Kier molecular flexibility index (Phi) is 2.44. The number of benzene rings is 1. The summed E-state index contributed by atoms with van der Waals surface area (Å²) >= 11 is 5.95. The number of nitrogens with zero attached hydrogens (tertiary/aromatic N) is 1. The van der Waals surface area contributed by atoms with Crippen molar-refractivity contribution >= 4 is 22.6 Å². The Balaban J connectivity index is 2.01. The average Bonchev–Trinajstić information content (AvgIpc) is 2.73. The van der Waals surface area contributed by atoms with E-state index >= 15 is 0 Å². The molecule has 0 saturated heterocycles. The van der Waals surface area contributed by atoms with Crippen LogP contribution in [0.3, 0.4) is 0 Å². The number of allylic oxidation sites excluding steroid dienone is 2. The molecular weight excluding hydrogens is 220 g/mol. The first-order valence-electron chi connectivity index (χ1n) is 5.63. The van der Waals surface area contributed by atoms with Crippen LogP contribution in [0.5, 0.6) is 0 Å². The van der Waals surface area contributed by atoms with E-state index in [0.717, 1.165) is 34.7 Å². The fraction of sp³-hybridized carbons (Fsp3) is 0.308. The van der Waals surface area contributed by atoms with E-state index in [1.807, 2.05) is 18.2 Å². The maximum Gasteiger partial charge on any atom is 0.110 e. The fourth-order valence-electron chi connectivity index (χ4n) is 2.24. The molecule has 3 rings (SSSR count). The van der Waals surface area contributed by atoms with Gasteiger partial charge in [-0.05, 0) is 37.5 Å². The van der Waals surface area contributed by atoms with Crippen molar-refractivity contribution in [1.82, 2.24) is 9.97 Å². The smallest absolute Gasteiger partial charge is 0.110 e. The molecule has 2 aromatic rings. The third kappa shape index (κ3) is 1.74. The van der Waals surface area contributed by atoms with Gasteiger partial charge in [0.25, 0.3) is 0 Å². The van der Waals surface area contributed by atoms with E-state index in [2.05, 4.69) is 22.1 Å². The number of H-pyrrole nitrogens is 1. The molecule has 1 heterocycles. The second-order valence-corrected chi connectivity index (χ2v) is 4.70. The molecular formula is C13H13ClN2. The molecule has 0 fully saturated rings. The molecule has 0 radical (unpaired) electrons. The van der Waals surface area contributed by atoms with Gasteiger partial charge in [-0.3, -0.25) is 0 Å². The highest BCUT2D eigenvalue weighted by Crippen LogP contribution is 2.29. The van der Waals surface area contributed by atoms with Crippen molar-refractivity contribution in [2.24, 2.45) is 0 Å². The van der Waals surface area contributed by atoms with Crippen molar-refractivity contribution in [3.05, 3.63) is 41.2 Å². The van der Waals surface area contributed by atoms with Gasteiger partial charge in [0.1, 0.15) is 5.82 Å². The molecule has 1 atom stereocenters. The second kappa shape index (κ2) is 3.95. The lowest BCUT2D eigenvalue weighted by atomic mass is 9.94. The zero-order valence-electron chi connectivity index (χ0n) is 8.91. The number of aromatic amines is 1. The van der Waals surface area contributed by atoms with Crippen LogP contribution in [0.4, 0.5) is 0 Å². The van der Waals surface area contributed by atoms with Crippen molar-refractivity contribution in [1.29, 1.82) is 0 Å². The molecule has 16 heavy (non-hydrogen) atoms. The predicted molar refractivity (Wildman–Crippen MR) is 66.8 cm³/mol. The molecule has 1 aromatic heterocycles. The van der Waals surface area contributed by atoms with Gasteiger partial charge in [-0.15, -0.1) is 0 Å². The molecule has 0 saturated carbocycles. The van der Waals surface area contributed by atoms with Gasteiger partial charge < -0.3 is 4.98 Å². The monoisotopic (exact) mass is 232 g/mol. The highest BCUT2D eigenvalue weighted by molar-refractivity contribution is 6.31. The number of imidazole rings is 1. The van der Waals surface area contributed by atoms with Gasteiger partial charge in [0.2, 0.25) is 0 Å². The van der Waals surface area contributed by atoms with E-state index < -0.39 is 0 Å². The van der Waals surface area contributed by atoms with E-state index in [0.29, 0.717) is 5.92 Å². The summed E-state index contributed by atoms with van der Waals surface area (Å²) in [5.74, 6) is 1.64. The maximum atomic E-state index is 5.95. The van der Waals surface area contributed by atoms with Crippen LogP contribution in [-0.2, 0) is 0 Å². The molecule has 0 aliphatic heterocycles. The molecule has 1 aromatic carbocycles. The first-order valence-corrected chi connectivity index (χ1v) is 6.01. The summed E-state index contributed by atoms with van der Waals surface area (Å²) in [4.78, 5) is 8.01. The van der Waals surface area contributed by atoms with Gasteiger partial charge in [-0.1, -0.05) is 23.8 Å². The standard InChI is InChI=1S/C13H13ClN2/c14-10-6-7-11-12(8-10)16-13(15-11)9-4-2-1-3-5-9/h1-2,6-9H,3-5H2,(H,15,16). The number of aromatic nitrogens is 2. The molecule has 2 nitrogen and oxygen atoms in total. The number of hydrogen-bond acceptors (Lipinski definition) is 1. The van der Waals surface area contributed by atoms with E-state index in [1.165, 1.54) is 6.42 Å². The zero-order chi connectivity index (χ0) is 11.0. The number of nitrogens with one attached hydrogen (secondary N) is 1. The van der Waals surface area contributed by atoms with Crippen LogP contribution in [0.1, 0.15) is 31.0 Å². The molecule has 0 spiro atoms. The van der Waals surface area contributed by atoms with Crippen molar-refractivity contribution in [2.45, 2.75) is 25.2 Å². The highest BCUT2D eigenvalue weighted by atomic mass is 35.5. The van der Waals surface area contributed by atoms with E-state index in [4.69, 9.17) is 11.6 Å². The lowest BCUT2D eigenvalue weighted by Gasteiger charge is -2.14. The van der Waals surface area contributed by atoms with Gasteiger partial charge >= 0.3 is 0 Å². The number of halogens is 1. The Labute approximate surface area is 99.3 Å². The van der Waals surface area contributed by atoms with Gasteiger partial charge in [-0.2, -0.15) is 0 Å². The second-order valence-electron chi connectivity index (χ2n) is 4.26. The van der Waals surface area contributed by atoms with Gasteiger partial charge in [0.05, 0.1) is 11.0 Å². The molecule has 3 heteroatoms. The molecule has 1 unspecified atom stereocenters. The Morgan fingerprint density at radius 3 is 3.06 bits per heavy atom. The van der Waals surface area contributed by atoms with Crippen molar-refractivity contribution in [3.63, 3.8) is 0 Å². The molecule has 1 aliphatic carbocycles. The first-order chi connectivity index (χ1) is 7.83. The minimum absolute atomic E-state index is 0.538. The van der Waals surface area contributed by atoms with E-state index in [1.54, 1.807) is 0 Å². The molecule has 1 N–H and O–H groups in total. The van der Waals surface area contributed by atoms with E-state index in [-0.39, 0.29) is 0 Å². The van der Waals surface area contributed by atoms with Gasteiger partial charge in [0.15, 0.2) is 0 Å². The normalized spacial score (nSPS) is 20.4. The number of fused-ring (bicyclic) bond motifs is 1. The summed E-state index contributed by atoms with van der Waals surface area (Å²) in [5, 5.41) is 0.756. The summed E-state index contributed by atoms with van der Waals surface area (Å²) < 4.78 is 0. The Morgan fingerprint density at radius 1 is 1.31 bits per heavy atom. The molecule has 0 amide bonds. The van der Waals surface area contributed by atoms with Crippen LogP contribution in [0.25, 0.3) is 11.0 Å². The number of hydrogen-bond donors (Lipinski definition) is 1. The Morgan fingerprint density at radius 2 is 2.25 bits per heavy atom. The summed E-state index contributed by atoms with van der Waals surface area (Å²) in [6, 6.07) is 5.79. The number of rotatable bonds is 1. The first kappa shape index (κ1) is 9.91. The van der Waals surface area contributed by atoms with Crippen molar-refractivity contribution in [2.75, 3.05) is 0 Å². The van der Waals surface area contributed by atoms with Crippen molar-refractivity contribution in [3.8, 4) is 0 Å². The molecule has 0 bridgehead atoms. The van der Waals surface area contributed by atoms with Crippen LogP contribution in [0.2, 0.25) is 5.02 Å². The van der Waals surface area contributed by atoms with Crippen LogP contribution in [-0.4, -0.2) is 9.97 Å². The van der Waals surface area contributed by atoms with Gasteiger partial charge in [-0.25, -0.2) is 4.98 Å².